The maximum atomic E-state index is 13.8. The van der Waals surface area contributed by atoms with Crippen LogP contribution in [0.1, 0.15) is 33.9 Å². The number of carbonyl (C=O) groups is 2. The summed E-state index contributed by atoms with van der Waals surface area (Å²) < 4.78 is 12.3. The molecule has 8 nitrogen and oxygen atoms in total. The number of thioether (sulfide) groups is 1. The third-order valence-electron chi connectivity index (χ3n) is 8.46. The zero-order valence-corrected chi connectivity index (χ0v) is 29.3. The van der Waals surface area contributed by atoms with Gasteiger partial charge in [0.25, 0.3) is 5.78 Å². The number of aromatic nitrogens is 2. The van der Waals surface area contributed by atoms with E-state index in [2.05, 4.69) is 47.1 Å². The fourth-order valence-corrected chi connectivity index (χ4v) is 7.87. The van der Waals surface area contributed by atoms with Gasteiger partial charge in [0.1, 0.15) is 30.5 Å². The minimum absolute atomic E-state index is 0.0478. The van der Waals surface area contributed by atoms with Crippen molar-refractivity contribution < 1.29 is 24.2 Å². The van der Waals surface area contributed by atoms with E-state index >= 15 is 0 Å². The van der Waals surface area contributed by atoms with Crippen molar-refractivity contribution in [3.8, 4) is 11.5 Å². The molecule has 51 heavy (non-hydrogen) atoms. The van der Waals surface area contributed by atoms with Crippen LogP contribution in [0.5, 0.6) is 11.5 Å². The molecule has 254 valence electrons. The third kappa shape index (κ3) is 7.28. The highest BCUT2D eigenvalue weighted by Gasteiger charge is 2.48. The number of ether oxygens (including phenoxy) is 2. The summed E-state index contributed by atoms with van der Waals surface area (Å²) in [6.07, 6.45) is 1.65. The number of ketones is 1. The van der Waals surface area contributed by atoms with E-state index in [4.69, 9.17) is 9.47 Å². The number of hydrogen-bond donors (Lipinski definition) is 1. The number of nitrogens with zero attached hydrogens (tertiary/aromatic N) is 3. The molecule has 1 fully saturated rings. The van der Waals surface area contributed by atoms with E-state index in [1.807, 2.05) is 43.3 Å². The molecule has 2 heterocycles. The lowest BCUT2D eigenvalue weighted by atomic mass is 9.95. The molecule has 0 saturated carbocycles. The van der Waals surface area contributed by atoms with Crippen LogP contribution in [0.2, 0.25) is 0 Å². The highest BCUT2D eigenvalue weighted by molar-refractivity contribution is 8.00. The number of rotatable bonds is 12. The van der Waals surface area contributed by atoms with Crippen LogP contribution >= 0.6 is 23.1 Å². The van der Waals surface area contributed by atoms with Crippen LogP contribution in [0.15, 0.2) is 138 Å². The summed E-state index contributed by atoms with van der Waals surface area (Å²) in [7, 11) is 0. The molecule has 1 aliphatic rings. The molecule has 1 aromatic heterocycles. The van der Waals surface area contributed by atoms with Gasteiger partial charge in [-0.3, -0.25) is 14.5 Å². The van der Waals surface area contributed by atoms with Gasteiger partial charge in [0, 0.05) is 11.3 Å². The summed E-state index contributed by atoms with van der Waals surface area (Å²) in [6, 6.07) is 35.4. The SMILES string of the molecule is C=CCOc1ccc(C2/C(=C(\O)c3ccc(OCc4cccc(C)c4)cc3)C(=O)C(=O)N2c2nnc(SCc3cccc4ccccc34)s2)cc1. The fraction of sp³-hybridized carbons (Fsp3) is 0.122. The van der Waals surface area contributed by atoms with Gasteiger partial charge in [-0.15, -0.1) is 10.2 Å². The molecule has 5 aromatic carbocycles. The lowest BCUT2D eigenvalue weighted by Crippen LogP contribution is -2.29. The van der Waals surface area contributed by atoms with E-state index in [1.165, 1.54) is 28.0 Å². The smallest absolute Gasteiger partial charge is 0.301 e. The number of carbonyl (C=O) groups excluding carboxylic acids is 2. The molecule has 0 radical (unpaired) electrons. The Balaban J connectivity index is 1.19. The van der Waals surface area contributed by atoms with Crippen LogP contribution in [0.3, 0.4) is 0 Å². The number of aryl methyl sites for hydroxylation is 1. The second-order valence-electron chi connectivity index (χ2n) is 11.9. The zero-order chi connectivity index (χ0) is 35.3. The van der Waals surface area contributed by atoms with Gasteiger partial charge >= 0.3 is 5.91 Å². The van der Waals surface area contributed by atoms with Crippen molar-refractivity contribution in [2.24, 2.45) is 0 Å². The van der Waals surface area contributed by atoms with Crippen LogP contribution in [0.25, 0.3) is 16.5 Å². The number of anilines is 1. The van der Waals surface area contributed by atoms with Gasteiger partial charge in [0.05, 0.1) is 11.6 Å². The van der Waals surface area contributed by atoms with Gasteiger partial charge in [-0.05, 0) is 70.8 Å². The third-order valence-corrected chi connectivity index (χ3v) is 10.6. The number of Topliss-reactive ketones (excluding diaryl/α,β-unsaturated/α-hetero) is 1. The second-order valence-corrected chi connectivity index (χ2v) is 14.1. The lowest BCUT2D eigenvalue weighted by molar-refractivity contribution is -0.132. The summed E-state index contributed by atoms with van der Waals surface area (Å²) in [5.74, 6) is -0.0665. The van der Waals surface area contributed by atoms with Gasteiger partial charge in [-0.1, -0.05) is 120 Å². The van der Waals surface area contributed by atoms with Crippen LogP contribution in [-0.2, 0) is 21.9 Å². The van der Waals surface area contributed by atoms with Crippen LogP contribution in [0.4, 0.5) is 5.13 Å². The quantitative estimate of drug-likeness (QED) is 0.0335. The first kappa shape index (κ1) is 33.8. The normalized spacial score (nSPS) is 15.3. The number of fused-ring (bicyclic) bond motifs is 1. The Morgan fingerprint density at radius 1 is 0.902 bits per heavy atom. The molecule has 1 unspecified atom stereocenters. The van der Waals surface area contributed by atoms with E-state index in [-0.39, 0.29) is 16.5 Å². The summed E-state index contributed by atoms with van der Waals surface area (Å²) in [5.41, 5.74) is 4.25. The Kier molecular flexibility index (Phi) is 9.96. The Bertz CT molecular complexity index is 2260. The molecule has 0 bridgehead atoms. The molecule has 1 aliphatic heterocycles. The average molecular weight is 712 g/mol. The highest BCUT2D eigenvalue weighted by atomic mass is 32.2. The molecule has 1 atom stereocenters. The van der Waals surface area contributed by atoms with E-state index < -0.39 is 17.7 Å². The number of amides is 1. The summed E-state index contributed by atoms with van der Waals surface area (Å²) in [6.45, 7) is 6.43. The summed E-state index contributed by atoms with van der Waals surface area (Å²) in [5, 5.41) is 23.0. The molecule has 0 aliphatic carbocycles. The van der Waals surface area contributed by atoms with E-state index in [0.29, 0.717) is 45.9 Å². The van der Waals surface area contributed by atoms with Crippen molar-refractivity contribution in [3.05, 3.63) is 161 Å². The van der Waals surface area contributed by atoms with Crippen molar-refractivity contribution in [1.82, 2.24) is 10.2 Å². The van der Waals surface area contributed by atoms with Crippen molar-refractivity contribution in [3.63, 3.8) is 0 Å². The van der Waals surface area contributed by atoms with Crippen molar-refractivity contribution in [2.75, 3.05) is 11.5 Å². The molecule has 1 N–H and O–H groups in total. The Morgan fingerprint density at radius 2 is 1.63 bits per heavy atom. The summed E-state index contributed by atoms with van der Waals surface area (Å²) in [4.78, 5) is 28.9. The van der Waals surface area contributed by atoms with Gasteiger partial charge in [-0.25, -0.2) is 0 Å². The van der Waals surface area contributed by atoms with Crippen molar-refractivity contribution in [2.45, 2.75) is 29.7 Å². The Hall–Kier alpha value is -5.71. The highest BCUT2D eigenvalue weighted by Crippen LogP contribution is 2.44. The van der Waals surface area contributed by atoms with Gasteiger partial charge in [-0.2, -0.15) is 0 Å². The molecule has 10 heteroatoms. The number of hydrogen-bond acceptors (Lipinski definition) is 9. The van der Waals surface area contributed by atoms with Crippen molar-refractivity contribution >= 4 is 56.5 Å². The predicted octanol–water partition coefficient (Wildman–Crippen LogP) is 9.06. The molecule has 1 amide bonds. The minimum atomic E-state index is -0.959. The maximum absolute atomic E-state index is 13.8. The van der Waals surface area contributed by atoms with Gasteiger partial charge in [0.15, 0.2) is 4.34 Å². The maximum Gasteiger partial charge on any atom is 0.301 e. The van der Waals surface area contributed by atoms with E-state index in [9.17, 15) is 14.7 Å². The Labute approximate surface area is 303 Å². The van der Waals surface area contributed by atoms with Gasteiger partial charge in [0.2, 0.25) is 5.13 Å². The summed E-state index contributed by atoms with van der Waals surface area (Å²) >= 11 is 2.74. The number of aliphatic hydroxyl groups is 1. The van der Waals surface area contributed by atoms with Crippen LogP contribution in [0, 0.1) is 6.92 Å². The molecular formula is C41H33N3O5S2. The second kappa shape index (κ2) is 15.0. The zero-order valence-electron chi connectivity index (χ0n) is 27.7. The number of aliphatic hydroxyl groups excluding tert-OH is 1. The monoisotopic (exact) mass is 711 g/mol. The molecule has 1 saturated heterocycles. The minimum Gasteiger partial charge on any atom is -0.507 e. The first-order valence-electron chi connectivity index (χ1n) is 16.3. The molecule has 0 spiro atoms. The first-order valence-corrected chi connectivity index (χ1v) is 18.1. The lowest BCUT2D eigenvalue weighted by Gasteiger charge is -2.22. The predicted molar refractivity (Wildman–Crippen MR) is 202 cm³/mol. The molecular weight excluding hydrogens is 679 g/mol. The van der Waals surface area contributed by atoms with Crippen molar-refractivity contribution in [1.29, 1.82) is 0 Å². The van der Waals surface area contributed by atoms with Crippen LogP contribution in [-0.4, -0.2) is 33.6 Å². The first-order chi connectivity index (χ1) is 24.9. The molecule has 7 rings (SSSR count). The van der Waals surface area contributed by atoms with Gasteiger partial charge < -0.3 is 14.6 Å². The van der Waals surface area contributed by atoms with Crippen LogP contribution < -0.4 is 14.4 Å². The Morgan fingerprint density at radius 3 is 2.41 bits per heavy atom. The molecule has 6 aromatic rings. The fourth-order valence-electron chi connectivity index (χ4n) is 6.00. The van der Waals surface area contributed by atoms with E-state index in [0.717, 1.165) is 27.5 Å². The topological polar surface area (TPSA) is 102 Å². The average Bonchev–Trinajstić information content (AvgIpc) is 3.73. The van der Waals surface area contributed by atoms with E-state index in [1.54, 1.807) is 54.6 Å². The largest absolute Gasteiger partial charge is 0.507 e. The number of benzene rings is 5. The standard InChI is InChI=1S/C41H33N3O5S2/c1-3-22-48-32-18-14-29(15-19-32)36-35(37(45)30-16-20-33(21-17-30)49-24-27-9-6-8-26(2)23-27)38(46)39(47)44(36)40-42-43-41(51-40)50-25-31-12-7-11-28-10-4-5-13-34(28)31/h3-21,23,36,45H,1,22,24-25H2,2H3/b37-35+.